The summed E-state index contributed by atoms with van der Waals surface area (Å²) in [6, 6.07) is 8.64. The third-order valence-electron chi connectivity index (χ3n) is 4.38. The summed E-state index contributed by atoms with van der Waals surface area (Å²) in [7, 11) is 3.74. The summed E-state index contributed by atoms with van der Waals surface area (Å²) >= 11 is 0. The van der Waals surface area contributed by atoms with Gasteiger partial charge < -0.3 is 19.4 Å². The van der Waals surface area contributed by atoms with E-state index in [4.69, 9.17) is 9.47 Å². The largest absolute Gasteiger partial charge is 0.491 e. The molecule has 1 saturated heterocycles. The summed E-state index contributed by atoms with van der Waals surface area (Å²) < 4.78 is 12.7. The van der Waals surface area contributed by atoms with Gasteiger partial charge in [0, 0.05) is 52.7 Å². The lowest BCUT2D eigenvalue weighted by Gasteiger charge is -2.35. The molecule has 1 atom stereocenters. The van der Waals surface area contributed by atoms with E-state index in [0.717, 1.165) is 37.8 Å². The quantitative estimate of drug-likeness (QED) is 0.782. The van der Waals surface area contributed by atoms with E-state index < -0.39 is 0 Å². The van der Waals surface area contributed by atoms with Crippen LogP contribution in [0.25, 0.3) is 0 Å². The van der Waals surface area contributed by atoms with Gasteiger partial charge in [0.25, 0.3) is 0 Å². The fraction of sp³-hybridized carbons (Fsp3) is 0.500. The molecule has 0 bridgehead atoms. The van der Waals surface area contributed by atoms with E-state index in [1.807, 2.05) is 24.5 Å². The van der Waals surface area contributed by atoms with Gasteiger partial charge in [-0.25, -0.2) is 4.98 Å². The number of rotatable bonds is 7. The van der Waals surface area contributed by atoms with Crippen molar-refractivity contribution >= 4 is 0 Å². The molecule has 1 aliphatic heterocycles. The molecule has 1 aliphatic rings. The van der Waals surface area contributed by atoms with Gasteiger partial charge in [-0.15, -0.1) is 0 Å². The summed E-state index contributed by atoms with van der Waals surface area (Å²) in [6.07, 6.45) is 3.88. The summed E-state index contributed by atoms with van der Waals surface area (Å²) in [5.74, 6) is 2.00. The molecule has 1 fully saturated rings. The van der Waals surface area contributed by atoms with Gasteiger partial charge in [-0.2, -0.15) is 0 Å². The Kier molecular flexibility index (Phi) is 5.85. The number of benzene rings is 1. The minimum absolute atomic E-state index is 0.302. The first kappa shape index (κ1) is 17.0. The van der Waals surface area contributed by atoms with Crippen LogP contribution in [0.5, 0.6) is 5.75 Å². The average molecular weight is 330 g/mol. The first-order valence-electron chi connectivity index (χ1n) is 8.40. The van der Waals surface area contributed by atoms with Gasteiger partial charge in [-0.1, -0.05) is 12.1 Å². The van der Waals surface area contributed by atoms with Gasteiger partial charge in [0.2, 0.25) is 0 Å². The Morgan fingerprint density at radius 2 is 2.08 bits per heavy atom. The number of hydrogen-bond donors (Lipinski definition) is 1. The summed E-state index contributed by atoms with van der Waals surface area (Å²) in [5, 5.41) is 3.48. The van der Waals surface area contributed by atoms with Crippen molar-refractivity contribution in [1.82, 2.24) is 19.8 Å². The molecule has 1 aromatic carbocycles. The van der Waals surface area contributed by atoms with Crippen LogP contribution in [0.4, 0.5) is 0 Å². The minimum atomic E-state index is 0.302. The normalized spacial score (nSPS) is 18.7. The zero-order valence-corrected chi connectivity index (χ0v) is 14.4. The van der Waals surface area contributed by atoms with Crippen molar-refractivity contribution in [2.24, 2.45) is 7.05 Å². The molecule has 1 aromatic heterocycles. The molecule has 1 unspecified atom stereocenters. The summed E-state index contributed by atoms with van der Waals surface area (Å²) in [5.41, 5.74) is 1.29. The standard InChI is InChI=1S/C18H26N4O2/c1-21-9-8-20-18(21)17-13-19-7-10-22(17)14-15-3-5-16(6-4-15)24-12-11-23-2/h3-6,8-9,17,19H,7,10-14H2,1-2H3. The predicted octanol–water partition coefficient (Wildman–Crippen LogP) is 1.59. The maximum Gasteiger partial charge on any atom is 0.127 e. The molecular formula is C18H26N4O2. The lowest BCUT2D eigenvalue weighted by molar-refractivity contribution is 0.144. The van der Waals surface area contributed by atoms with Gasteiger partial charge in [0.15, 0.2) is 0 Å². The van der Waals surface area contributed by atoms with Gasteiger partial charge in [-0.05, 0) is 17.7 Å². The van der Waals surface area contributed by atoms with Gasteiger partial charge in [-0.3, -0.25) is 4.90 Å². The third kappa shape index (κ3) is 4.14. The second kappa shape index (κ2) is 8.28. The zero-order chi connectivity index (χ0) is 16.8. The average Bonchev–Trinajstić information content (AvgIpc) is 3.03. The van der Waals surface area contributed by atoms with Crippen LogP contribution in [-0.2, 0) is 18.3 Å². The highest BCUT2D eigenvalue weighted by Gasteiger charge is 2.26. The van der Waals surface area contributed by atoms with Crippen molar-refractivity contribution in [2.75, 3.05) is 40.0 Å². The van der Waals surface area contributed by atoms with Crippen molar-refractivity contribution in [3.63, 3.8) is 0 Å². The van der Waals surface area contributed by atoms with E-state index in [1.54, 1.807) is 7.11 Å². The molecule has 24 heavy (non-hydrogen) atoms. The van der Waals surface area contributed by atoms with Gasteiger partial charge in [0.1, 0.15) is 18.2 Å². The van der Waals surface area contributed by atoms with Gasteiger partial charge >= 0.3 is 0 Å². The van der Waals surface area contributed by atoms with Crippen molar-refractivity contribution in [1.29, 1.82) is 0 Å². The number of hydrogen-bond acceptors (Lipinski definition) is 5. The Labute approximate surface area is 143 Å². The zero-order valence-electron chi connectivity index (χ0n) is 14.4. The highest BCUT2D eigenvalue weighted by atomic mass is 16.5. The topological polar surface area (TPSA) is 51.6 Å². The SMILES string of the molecule is COCCOc1ccc(CN2CCNCC2c2nccn2C)cc1. The summed E-state index contributed by atoms with van der Waals surface area (Å²) in [6.45, 7) is 5.06. The lowest BCUT2D eigenvalue weighted by atomic mass is 10.1. The number of nitrogens with one attached hydrogen (secondary N) is 1. The lowest BCUT2D eigenvalue weighted by Crippen LogP contribution is -2.46. The monoisotopic (exact) mass is 330 g/mol. The number of methoxy groups -OCH3 is 1. The van der Waals surface area contributed by atoms with Crippen LogP contribution >= 0.6 is 0 Å². The molecule has 1 N–H and O–H groups in total. The molecule has 0 aliphatic carbocycles. The first-order chi connectivity index (χ1) is 11.8. The number of imidazole rings is 1. The number of ether oxygens (including phenoxy) is 2. The maximum absolute atomic E-state index is 5.63. The van der Waals surface area contributed by atoms with Crippen LogP contribution < -0.4 is 10.1 Å². The highest BCUT2D eigenvalue weighted by molar-refractivity contribution is 5.27. The van der Waals surface area contributed by atoms with E-state index in [-0.39, 0.29) is 0 Å². The van der Waals surface area contributed by atoms with Crippen LogP contribution in [0.2, 0.25) is 0 Å². The van der Waals surface area contributed by atoms with Crippen LogP contribution in [0.1, 0.15) is 17.4 Å². The second-order valence-electron chi connectivity index (χ2n) is 6.07. The van der Waals surface area contributed by atoms with E-state index in [0.29, 0.717) is 19.3 Å². The van der Waals surface area contributed by atoms with E-state index in [9.17, 15) is 0 Å². The van der Waals surface area contributed by atoms with Crippen LogP contribution in [0.15, 0.2) is 36.7 Å². The van der Waals surface area contributed by atoms with Crippen molar-refractivity contribution in [3.8, 4) is 5.75 Å². The molecular weight excluding hydrogens is 304 g/mol. The molecule has 6 heteroatoms. The molecule has 0 spiro atoms. The minimum Gasteiger partial charge on any atom is -0.491 e. The van der Waals surface area contributed by atoms with Crippen LogP contribution in [0.3, 0.4) is 0 Å². The Bertz CT molecular complexity index is 626. The van der Waals surface area contributed by atoms with Crippen LogP contribution in [0, 0.1) is 0 Å². The fourth-order valence-electron chi connectivity index (χ4n) is 3.06. The van der Waals surface area contributed by atoms with Crippen molar-refractivity contribution in [2.45, 2.75) is 12.6 Å². The van der Waals surface area contributed by atoms with E-state index in [1.165, 1.54) is 5.56 Å². The fourth-order valence-corrected chi connectivity index (χ4v) is 3.06. The highest BCUT2D eigenvalue weighted by Crippen LogP contribution is 2.23. The molecule has 130 valence electrons. The smallest absolute Gasteiger partial charge is 0.127 e. The van der Waals surface area contributed by atoms with Gasteiger partial charge in [0.05, 0.1) is 12.6 Å². The Balaban J connectivity index is 1.64. The predicted molar refractivity (Wildman–Crippen MR) is 93.0 cm³/mol. The Hall–Kier alpha value is -1.89. The van der Waals surface area contributed by atoms with E-state index in [2.05, 4.69) is 38.9 Å². The molecule has 2 aromatic rings. The Morgan fingerprint density at radius 1 is 1.25 bits per heavy atom. The number of piperazine rings is 1. The molecule has 0 saturated carbocycles. The molecule has 3 rings (SSSR count). The molecule has 0 amide bonds. The summed E-state index contributed by atoms with van der Waals surface area (Å²) in [4.78, 5) is 7.02. The molecule has 0 radical (unpaired) electrons. The maximum atomic E-state index is 5.63. The van der Waals surface area contributed by atoms with Crippen molar-refractivity contribution < 1.29 is 9.47 Å². The third-order valence-corrected chi connectivity index (χ3v) is 4.38. The van der Waals surface area contributed by atoms with Crippen LogP contribution in [-0.4, -0.2) is 54.4 Å². The molecule has 6 nitrogen and oxygen atoms in total. The second-order valence-corrected chi connectivity index (χ2v) is 6.07. The molecule has 2 heterocycles. The number of aromatic nitrogens is 2. The van der Waals surface area contributed by atoms with Crippen molar-refractivity contribution in [3.05, 3.63) is 48.0 Å². The Morgan fingerprint density at radius 3 is 2.79 bits per heavy atom. The number of nitrogens with zero attached hydrogens (tertiary/aromatic N) is 3. The first-order valence-corrected chi connectivity index (χ1v) is 8.40. The van der Waals surface area contributed by atoms with E-state index >= 15 is 0 Å². The number of aryl methyl sites for hydroxylation is 1.